The van der Waals surface area contributed by atoms with Crippen molar-refractivity contribution in [3.8, 4) is 5.75 Å². The molecule has 0 aliphatic carbocycles. The molecule has 3 aromatic carbocycles. The Kier molecular flexibility index (Phi) is 6.42. The lowest BCUT2D eigenvalue weighted by atomic mass is 10.1. The zero-order chi connectivity index (χ0) is 20.8. The number of ether oxygens (including phenoxy) is 2. The van der Waals surface area contributed by atoms with Crippen molar-refractivity contribution in [1.29, 1.82) is 0 Å². The normalized spacial score (nSPS) is 10.4. The van der Waals surface area contributed by atoms with Gasteiger partial charge < -0.3 is 14.4 Å². The number of benzene rings is 3. The molecule has 0 spiro atoms. The molecule has 0 bridgehead atoms. The summed E-state index contributed by atoms with van der Waals surface area (Å²) >= 11 is 0. The van der Waals surface area contributed by atoms with Gasteiger partial charge in [-0.2, -0.15) is 0 Å². The predicted molar refractivity (Wildman–Crippen MR) is 112 cm³/mol. The third-order valence-electron chi connectivity index (χ3n) is 4.51. The van der Waals surface area contributed by atoms with Gasteiger partial charge in [0.15, 0.2) is 0 Å². The smallest absolute Gasteiger partial charge is 0.343 e. The van der Waals surface area contributed by atoms with Crippen LogP contribution in [0.5, 0.6) is 5.75 Å². The van der Waals surface area contributed by atoms with Crippen LogP contribution in [0.15, 0.2) is 72.8 Å². The number of anilines is 1. The van der Waals surface area contributed by atoms with Crippen molar-refractivity contribution in [2.24, 2.45) is 0 Å². The average Bonchev–Trinajstić information content (AvgIpc) is 2.74. The van der Waals surface area contributed by atoms with E-state index in [0.717, 1.165) is 11.1 Å². The molecule has 3 aromatic rings. The van der Waals surface area contributed by atoms with E-state index in [1.54, 1.807) is 61.5 Å². The minimum absolute atomic E-state index is 0.107. The van der Waals surface area contributed by atoms with Crippen LogP contribution >= 0.6 is 0 Å². The zero-order valence-corrected chi connectivity index (χ0v) is 16.7. The fourth-order valence-electron chi connectivity index (χ4n) is 2.87. The number of hydrogen-bond donors (Lipinski definition) is 0. The molecule has 0 fully saturated rings. The van der Waals surface area contributed by atoms with Crippen LogP contribution < -0.4 is 9.64 Å². The maximum atomic E-state index is 12.6. The summed E-state index contributed by atoms with van der Waals surface area (Å²) in [5.74, 6) is -0.142. The highest BCUT2D eigenvalue weighted by molar-refractivity contribution is 6.05. The van der Waals surface area contributed by atoms with E-state index in [1.165, 1.54) is 0 Å². The maximum absolute atomic E-state index is 12.6. The van der Waals surface area contributed by atoms with Gasteiger partial charge in [0.25, 0.3) is 5.91 Å². The molecule has 0 aliphatic rings. The van der Waals surface area contributed by atoms with Crippen LogP contribution in [0.1, 0.15) is 31.8 Å². The Morgan fingerprint density at radius 2 is 1.59 bits per heavy atom. The standard InChI is InChI=1S/C24H23NO4/c1-17-7-9-19(10-8-17)23(26)25(2)21-11-13-22(14-12-21)29-24(27)20-6-4-5-18(15-20)16-28-3/h4-15H,16H2,1-3H3. The van der Waals surface area contributed by atoms with E-state index in [-0.39, 0.29) is 5.91 Å². The van der Waals surface area contributed by atoms with Crippen LogP contribution in [0, 0.1) is 6.92 Å². The first-order valence-corrected chi connectivity index (χ1v) is 9.23. The number of carbonyl (C=O) groups excluding carboxylic acids is 2. The fourth-order valence-corrected chi connectivity index (χ4v) is 2.87. The van der Waals surface area contributed by atoms with Crippen LogP contribution in [0.4, 0.5) is 5.69 Å². The Bertz CT molecular complexity index is 994. The van der Waals surface area contributed by atoms with Crippen molar-refractivity contribution in [1.82, 2.24) is 0 Å². The third-order valence-corrected chi connectivity index (χ3v) is 4.51. The van der Waals surface area contributed by atoms with Crippen molar-refractivity contribution in [2.75, 3.05) is 19.1 Å². The molecular formula is C24H23NO4. The van der Waals surface area contributed by atoms with E-state index in [0.29, 0.717) is 29.2 Å². The second-order valence-electron chi connectivity index (χ2n) is 6.75. The van der Waals surface area contributed by atoms with Gasteiger partial charge in [-0.15, -0.1) is 0 Å². The molecule has 1 amide bonds. The highest BCUT2D eigenvalue weighted by atomic mass is 16.5. The first kappa shape index (κ1) is 20.3. The van der Waals surface area contributed by atoms with Crippen LogP contribution in [0.2, 0.25) is 0 Å². The molecule has 0 heterocycles. The quantitative estimate of drug-likeness (QED) is 0.455. The van der Waals surface area contributed by atoms with Gasteiger partial charge in [-0.3, -0.25) is 4.79 Å². The number of rotatable bonds is 6. The van der Waals surface area contributed by atoms with Gasteiger partial charge in [0.05, 0.1) is 12.2 Å². The molecule has 0 unspecified atom stereocenters. The lowest BCUT2D eigenvalue weighted by Crippen LogP contribution is -2.26. The van der Waals surface area contributed by atoms with Gasteiger partial charge in [-0.05, 0) is 61.0 Å². The molecule has 0 N–H and O–H groups in total. The predicted octanol–water partition coefficient (Wildman–Crippen LogP) is 4.64. The van der Waals surface area contributed by atoms with Gasteiger partial charge in [0.1, 0.15) is 5.75 Å². The second kappa shape index (κ2) is 9.17. The van der Waals surface area contributed by atoms with Crippen LogP contribution in [-0.4, -0.2) is 26.0 Å². The van der Waals surface area contributed by atoms with Crippen LogP contribution in [-0.2, 0) is 11.3 Å². The molecule has 0 atom stereocenters. The summed E-state index contributed by atoms with van der Waals surface area (Å²) in [6, 6.07) is 21.4. The summed E-state index contributed by atoms with van der Waals surface area (Å²) in [4.78, 5) is 26.6. The Hall–Kier alpha value is -3.44. The second-order valence-corrected chi connectivity index (χ2v) is 6.75. The highest BCUT2D eigenvalue weighted by Gasteiger charge is 2.14. The van der Waals surface area contributed by atoms with E-state index in [4.69, 9.17) is 9.47 Å². The van der Waals surface area contributed by atoms with Crippen LogP contribution in [0.3, 0.4) is 0 Å². The average molecular weight is 389 g/mol. The maximum Gasteiger partial charge on any atom is 0.343 e. The summed E-state index contributed by atoms with van der Waals surface area (Å²) in [5, 5.41) is 0. The van der Waals surface area contributed by atoms with Gasteiger partial charge in [0.2, 0.25) is 0 Å². The Labute approximate surface area is 170 Å². The molecule has 0 aliphatic heterocycles. The van der Waals surface area contributed by atoms with E-state index in [1.807, 2.05) is 37.3 Å². The summed E-state index contributed by atoms with van der Waals surface area (Å²) in [7, 11) is 3.32. The minimum Gasteiger partial charge on any atom is -0.423 e. The largest absolute Gasteiger partial charge is 0.423 e. The monoisotopic (exact) mass is 389 g/mol. The van der Waals surface area contributed by atoms with Crippen molar-refractivity contribution in [2.45, 2.75) is 13.5 Å². The molecule has 5 heteroatoms. The molecule has 148 valence electrons. The molecule has 0 aromatic heterocycles. The van der Waals surface area contributed by atoms with Gasteiger partial charge >= 0.3 is 5.97 Å². The van der Waals surface area contributed by atoms with E-state index >= 15 is 0 Å². The summed E-state index contributed by atoms with van der Waals surface area (Å²) in [6.45, 7) is 2.41. The Balaban J connectivity index is 1.68. The zero-order valence-electron chi connectivity index (χ0n) is 16.7. The number of nitrogens with zero attached hydrogens (tertiary/aromatic N) is 1. The van der Waals surface area contributed by atoms with Gasteiger partial charge in [0, 0.05) is 25.4 Å². The molecule has 0 saturated heterocycles. The first-order valence-electron chi connectivity index (χ1n) is 9.23. The van der Waals surface area contributed by atoms with Crippen LogP contribution in [0.25, 0.3) is 0 Å². The Morgan fingerprint density at radius 3 is 2.24 bits per heavy atom. The summed E-state index contributed by atoms with van der Waals surface area (Å²) in [6.07, 6.45) is 0. The number of esters is 1. The molecule has 0 radical (unpaired) electrons. The fraction of sp³-hybridized carbons (Fsp3) is 0.167. The van der Waals surface area contributed by atoms with Crippen molar-refractivity contribution in [3.05, 3.63) is 95.1 Å². The highest BCUT2D eigenvalue weighted by Crippen LogP contribution is 2.21. The molecule has 29 heavy (non-hydrogen) atoms. The van der Waals surface area contributed by atoms with E-state index < -0.39 is 5.97 Å². The van der Waals surface area contributed by atoms with Gasteiger partial charge in [-0.25, -0.2) is 4.79 Å². The molecule has 0 saturated carbocycles. The SMILES string of the molecule is COCc1cccc(C(=O)Oc2ccc(N(C)C(=O)c3ccc(C)cc3)cc2)c1. The van der Waals surface area contributed by atoms with E-state index in [9.17, 15) is 9.59 Å². The van der Waals surface area contributed by atoms with E-state index in [2.05, 4.69) is 0 Å². The van der Waals surface area contributed by atoms with Crippen molar-refractivity contribution in [3.63, 3.8) is 0 Å². The number of aryl methyl sites for hydroxylation is 1. The number of hydrogen-bond acceptors (Lipinski definition) is 4. The third kappa shape index (κ3) is 5.09. The van der Waals surface area contributed by atoms with Crippen molar-refractivity contribution < 1.29 is 19.1 Å². The minimum atomic E-state index is -0.445. The first-order chi connectivity index (χ1) is 14.0. The summed E-state index contributed by atoms with van der Waals surface area (Å²) < 4.78 is 10.5. The number of carbonyl (C=O) groups is 2. The van der Waals surface area contributed by atoms with Crippen molar-refractivity contribution >= 4 is 17.6 Å². The molecule has 3 rings (SSSR count). The molecular weight excluding hydrogens is 366 g/mol. The lowest BCUT2D eigenvalue weighted by Gasteiger charge is -2.18. The Morgan fingerprint density at radius 1 is 0.897 bits per heavy atom. The lowest BCUT2D eigenvalue weighted by molar-refractivity contribution is 0.0734. The van der Waals surface area contributed by atoms with Gasteiger partial charge in [-0.1, -0.05) is 29.8 Å². The topological polar surface area (TPSA) is 55.8 Å². The number of amides is 1. The number of methoxy groups -OCH3 is 1. The summed E-state index contributed by atoms with van der Waals surface area (Å²) in [5.41, 5.74) is 3.77. The molecule has 5 nitrogen and oxygen atoms in total.